The number of ether oxygens (including phenoxy) is 1. The van der Waals surface area contributed by atoms with E-state index in [1.165, 1.54) is 29.0 Å². The van der Waals surface area contributed by atoms with Gasteiger partial charge in [0.1, 0.15) is 5.75 Å². The molecule has 0 radical (unpaired) electrons. The van der Waals surface area contributed by atoms with E-state index in [-0.39, 0.29) is 11.4 Å². The maximum Gasteiger partial charge on any atom is 0.257 e. The van der Waals surface area contributed by atoms with E-state index in [1.54, 1.807) is 4.57 Å². The van der Waals surface area contributed by atoms with E-state index in [0.717, 1.165) is 31.4 Å². The summed E-state index contributed by atoms with van der Waals surface area (Å²) in [6.45, 7) is 7.43. The molecule has 0 amide bonds. The van der Waals surface area contributed by atoms with Crippen LogP contribution in [0.1, 0.15) is 43.7 Å². The van der Waals surface area contributed by atoms with Crippen molar-refractivity contribution in [2.45, 2.75) is 58.2 Å². The van der Waals surface area contributed by atoms with Crippen molar-refractivity contribution in [3.05, 3.63) is 45.7 Å². The SMILES string of the molecule is CCCCCCn1c(SCCOc2ccc(C)c(C)c2)nc(O)cc1=O. The summed E-state index contributed by atoms with van der Waals surface area (Å²) >= 11 is 1.43. The van der Waals surface area contributed by atoms with Gasteiger partial charge >= 0.3 is 0 Å². The molecule has 1 N–H and O–H groups in total. The molecule has 26 heavy (non-hydrogen) atoms. The second-order valence-corrected chi connectivity index (χ2v) is 7.45. The largest absolute Gasteiger partial charge is 0.493 e. The van der Waals surface area contributed by atoms with Crippen LogP contribution in [0.2, 0.25) is 0 Å². The molecule has 1 aromatic heterocycles. The van der Waals surface area contributed by atoms with Gasteiger partial charge in [0, 0.05) is 12.3 Å². The summed E-state index contributed by atoms with van der Waals surface area (Å²) in [5.74, 6) is 1.27. The number of aromatic hydroxyl groups is 1. The summed E-state index contributed by atoms with van der Waals surface area (Å²) in [7, 11) is 0. The lowest BCUT2D eigenvalue weighted by Gasteiger charge is -2.12. The first kappa shape index (κ1) is 20.4. The van der Waals surface area contributed by atoms with Crippen molar-refractivity contribution in [1.29, 1.82) is 0 Å². The molecule has 0 saturated carbocycles. The van der Waals surface area contributed by atoms with Crippen molar-refractivity contribution < 1.29 is 9.84 Å². The van der Waals surface area contributed by atoms with Crippen LogP contribution in [0.5, 0.6) is 11.6 Å². The molecule has 0 unspecified atom stereocenters. The van der Waals surface area contributed by atoms with Crippen molar-refractivity contribution in [1.82, 2.24) is 9.55 Å². The average Bonchev–Trinajstić information content (AvgIpc) is 2.60. The Morgan fingerprint density at radius 1 is 1.15 bits per heavy atom. The molecule has 0 saturated heterocycles. The second kappa shape index (κ2) is 10.3. The molecule has 0 bridgehead atoms. The number of hydrogen-bond donors (Lipinski definition) is 1. The number of thioether (sulfide) groups is 1. The fourth-order valence-electron chi connectivity index (χ4n) is 2.58. The Hall–Kier alpha value is -1.95. The summed E-state index contributed by atoms with van der Waals surface area (Å²) in [5, 5.41) is 10.2. The number of hydrogen-bond acceptors (Lipinski definition) is 5. The van der Waals surface area contributed by atoms with Gasteiger partial charge in [0.25, 0.3) is 5.56 Å². The molecule has 2 rings (SSSR count). The second-order valence-electron chi connectivity index (χ2n) is 6.39. The van der Waals surface area contributed by atoms with Crippen LogP contribution < -0.4 is 10.3 Å². The molecule has 0 aliphatic carbocycles. The fourth-order valence-corrected chi connectivity index (χ4v) is 3.43. The predicted octanol–water partition coefficient (Wildman–Crippen LogP) is 4.32. The van der Waals surface area contributed by atoms with Gasteiger partial charge in [0.15, 0.2) is 5.16 Å². The zero-order valence-corrected chi connectivity index (χ0v) is 16.6. The first-order chi connectivity index (χ1) is 12.5. The van der Waals surface area contributed by atoms with Gasteiger partial charge in [0.05, 0.1) is 12.7 Å². The minimum absolute atomic E-state index is 0.202. The van der Waals surface area contributed by atoms with E-state index in [2.05, 4.69) is 25.8 Å². The van der Waals surface area contributed by atoms with Gasteiger partial charge in [-0.1, -0.05) is 44.0 Å². The molecule has 1 heterocycles. The van der Waals surface area contributed by atoms with Gasteiger partial charge in [-0.05, 0) is 43.5 Å². The highest BCUT2D eigenvalue weighted by Crippen LogP contribution is 2.19. The lowest BCUT2D eigenvalue weighted by Crippen LogP contribution is -2.22. The monoisotopic (exact) mass is 376 g/mol. The van der Waals surface area contributed by atoms with Gasteiger partial charge in [0.2, 0.25) is 5.88 Å². The minimum atomic E-state index is -0.225. The van der Waals surface area contributed by atoms with Gasteiger partial charge in [-0.2, -0.15) is 4.98 Å². The van der Waals surface area contributed by atoms with E-state index in [1.807, 2.05) is 18.2 Å². The van der Waals surface area contributed by atoms with E-state index in [0.29, 0.717) is 24.1 Å². The third-order valence-electron chi connectivity index (χ3n) is 4.26. The van der Waals surface area contributed by atoms with E-state index >= 15 is 0 Å². The molecular formula is C20H28N2O3S. The lowest BCUT2D eigenvalue weighted by atomic mass is 10.1. The normalized spacial score (nSPS) is 10.9. The molecule has 1 aromatic carbocycles. The van der Waals surface area contributed by atoms with Crippen LogP contribution in [-0.4, -0.2) is 27.0 Å². The number of unbranched alkanes of at least 4 members (excludes halogenated alkanes) is 3. The zero-order chi connectivity index (χ0) is 18.9. The van der Waals surface area contributed by atoms with Gasteiger partial charge < -0.3 is 9.84 Å². The highest BCUT2D eigenvalue weighted by Gasteiger charge is 2.09. The van der Waals surface area contributed by atoms with Crippen molar-refractivity contribution in [3.8, 4) is 11.6 Å². The topological polar surface area (TPSA) is 64.3 Å². The summed E-state index contributed by atoms with van der Waals surface area (Å²) in [5.41, 5.74) is 2.24. The van der Waals surface area contributed by atoms with Crippen molar-refractivity contribution in [3.63, 3.8) is 0 Å². The Kier molecular flexibility index (Phi) is 8.04. The third-order valence-corrected chi connectivity index (χ3v) is 5.20. The van der Waals surface area contributed by atoms with Crippen LogP contribution in [0.3, 0.4) is 0 Å². The Balaban J connectivity index is 1.92. The molecule has 0 spiro atoms. The molecule has 0 aliphatic heterocycles. The highest BCUT2D eigenvalue weighted by molar-refractivity contribution is 7.99. The Bertz CT molecular complexity index is 774. The van der Waals surface area contributed by atoms with Crippen molar-refractivity contribution in [2.75, 3.05) is 12.4 Å². The predicted molar refractivity (Wildman–Crippen MR) is 106 cm³/mol. The quantitative estimate of drug-likeness (QED) is 0.380. The number of benzene rings is 1. The Labute approximate surface area is 159 Å². The highest BCUT2D eigenvalue weighted by atomic mass is 32.2. The summed E-state index contributed by atoms with van der Waals surface area (Å²) < 4.78 is 7.43. The molecule has 0 atom stereocenters. The number of aromatic nitrogens is 2. The molecule has 5 nitrogen and oxygen atoms in total. The molecule has 0 fully saturated rings. The Morgan fingerprint density at radius 3 is 2.69 bits per heavy atom. The minimum Gasteiger partial charge on any atom is -0.493 e. The van der Waals surface area contributed by atoms with Crippen LogP contribution in [0.4, 0.5) is 0 Å². The molecule has 142 valence electrons. The average molecular weight is 377 g/mol. The lowest BCUT2D eigenvalue weighted by molar-refractivity contribution is 0.343. The van der Waals surface area contributed by atoms with Crippen LogP contribution >= 0.6 is 11.8 Å². The number of rotatable bonds is 10. The number of aryl methyl sites for hydroxylation is 2. The van der Waals surface area contributed by atoms with E-state index in [4.69, 9.17) is 4.74 Å². The molecule has 0 aliphatic rings. The Morgan fingerprint density at radius 2 is 1.96 bits per heavy atom. The van der Waals surface area contributed by atoms with Gasteiger partial charge in [-0.25, -0.2) is 0 Å². The van der Waals surface area contributed by atoms with Crippen molar-refractivity contribution in [2.24, 2.45) is 0 Å². The van der Waals surface area contributed by atoms with Crippen LogP contribution in [-0.2, 0) is 6.54 Å². The van der Waals surface area contributed by atoms with E-state index in [9.17, 15) is 9.90 Å². The maximum atomic E-state index is 12.2. The third kappa shape index (κ3) is 6.09. The first-order valence-corrected chi connectivity index (χ1v) is 10.1. The van der Waals surface area contributed by atoms with Gasteiger partial charge in [-0.15, -0.1) is 0 Å². The van der Waals surface area contributed by atoms with E-state index < -0.39 is 0 Å². The molecular weight excluding hydrogens is 348 g/mol. The maximum absolute atomic E-state index is 12.2. The molecule has 2 aromatic rings. The number of nitrogens with zero attached hydrogens (tertiary/aromatic N) is 2. The summed E-state index contributed by atoms with van der Waals surface area (Å²) in [6, 6.07) is 7.21. The standard InChI is InChI=1S/C20H28N2O3S/c1-4-5-6-7-10-22-19(24)14-18(23)21-20(22)26-12-11-25-17-9-8-15(2)16(3)13-17/h8-9,13-14,23H,4-7,10-12H2,1-3H3. The zero-order valence-electron chi connectivity index (χ0n) is 15.8. The van der Waals surface area contributed by atoms with Crippen LogP contribution in [0, 0.1) is 13.8 Å². The fraction of sp³-hybridized carbons (Fsp3) is 0.500. The summed E-state index contributed by atoms with van der Waals surface area (Å²) in [4.78, 5) is 16.3. The van der Waals surface area contributed by atoms with Crippen LogP contribution in [0.25, 0.3) is 0 Å². The van der Waals surface area contributed by atoms with Crippen LogP contribution in [0.15, 0.2) is 34.2 Å². The first-order valence-electron chi connectivity index (χ1n) is 9.15. The summed E-state index contributed by atoms with van der Waals surface area (Å²) in [6.07, 6.45) is 4.34. The van der Waals surface area contributed by atoms with Gasteiger partial charge in [-0.3, -0.25) is 9.36 Å². The molecule has 6 heteroatoms. The van der Waals surface area contributed by atoms with Crippen molar-refractivity contribution >= 4 is 11.8 Å². The smallest absolute Gasteiger partial charge is 0.257 e.